The van der Waals surface area contributed by atoms with Crippen molar-refractivity contribution in [1.82, 2.24) is 9.80 Å². The van der Waals surface area contributed by atoms with E-state index in [2.05, 4.69) is 37.5 Å². The number of hydrogen-bond acceptors (Lipinski definition) is 2. The predicted octanol–water partition coefficient (Wildman–Crippen LogP) is 3.51. The van der Waals surface area contributed by atoms with Gasteiger partial charge in [-0.2, -0.15) is 0 Å². The minimum absolute atomic E-state index is 0.468. The van der Waals surface area contributed by atoms with Gasteiger partial charge >= 0.3 is 0 Å². The van der Waals surface area contributed by atoms with E-state index < -0.39 is 0 Å². The van der Waals surface area contributed by atoms with Crippen molar-refractivity contribution in [3.63, 3.8) is 0 Å². The molecule has 0 aliphatic carbocycles. The van der Waals surface area contributed by atoms with E-state index in [4.69, 9.17) is 0 Å². The maximum atomic E-state index is 2.90. The minimum atomic E-state index is 0.468. The van der Waals surface area contributed by atoms with Gasteiger partial charge in [0.25, 0.3) is 0 Å². The van der Waals surface area contributed by atoms with Gasteiger partial charge in [0.1, 0.15) is 0 Å². The topological polar surface area (TPSA) is 6.48 Å². The lowest BCUT2D eigenvalue weighted by atomic mass is 9.84. The molecule has 2 rings (SSSR count). The number of piperazine rings is 1. The average Bonchev–Trinajstić information content (AvgIpc) is 2.87. The highest BCUT2D eigenvalue weighted by Gasteiger charge is 2.43. The summed E-state index contributed by atoms with van der Waals surface area (Å²) in [4.78, 5) is 5.66. The monoisotopic (exact) mass is 252 g/mol. The van der Waals surface area contributed by atoms with Crippen LogP contribution in [0, 0.1) is 0 Å². The molecule has 2 nitrogen and oxygen atoms in total. The molecular weight excluding hydrogens is 220 g/mol. The molecule has 0 N–H and O–H groups in total. The Bertz CT molecular complexity index is 252. The minimum Gasteiger partial charge on any atom is -0.298 e. The van der Waals surface area contributed by atoms with Crippen LogP contribution in [0.4, 0.5) is 0 Å². The summed E-state index contributed by atoms with van der Waals surface area (Å²) >= 11 is 0. The molecule has 0 radical (unpaired) electrons. The van der Waals surface area contributed by atoms with E-state index in [1.165, 1.54) is 58.2 Å². The Morgan fingerprint density at radius 2 is 1.67 bits per heavy atom. The fourth-order valence-electron chi connectivity index (χ4n) is 4.38. The highest BCUT2D eigenvalue weighted by molar-refractivity contribution is 4.99. The van der Waals surface area contributed by atoms with Crippen LogP contribution in [0.25, 0.3) is 0 Å². The van der Waals surface area contributed by atoms with Crippen LogP contribution in [0.1, 0.15) is 66.2 Å². The number of fused-ring (bicyclic) bond motifs is 1. The lowest BCUT2D eigenvalue weighted by Crippen LogP contribution is -2.63. The predicted molar refractivity (Wildman–Crippen MR) is 79.0 cm³/mol. The fourth-order valence-corrected chi connectivity index (χ4v) is 4.38. The molecule has 0 saturated carbocycles. The van der Waals surface area contributed by atoms with Gasteiger partial charge in [0, 0.05) is 30.7 Å². The van der Waals surface area contributed by atoms with E-state index in [-0.39, 0.29) is 0 Å². The maximum Gasteiger partial charge on any atom is 0.0226 e. The van der Waals surface area contributed by atoms with Gasteiger partial charge in [0.2, 0.25) is 0 Å². The molecule has 0 amide bonds. The largest absolute Gasteiger partial charge is 0.298 e. The molecule has 2 heterocycles. The van der Waals surface area contributed by atoms with Gasteiger partial charge in [-0.1, -0.05) is 27.7 Å². The van der Waals surface area contributed by atoms with Crippen LogP contribution in [0.2, 0.25) is 0 Å². The van der Waals surface area contributed by atoms with Crippen molar-refractivity contribution >= 4 is 0 Å². The van der Waals surface area contributed by atoms with E-state index in [1.54, 1.807) is 0 Å². The Hall–Kier alpha value is -0.0800. The number of hydrogen-bond donors (Lipinski definition) is 0. The molecule has 0 aromatic rings. The van der Waals surface area contributed by atoms with Crippen molar-refractivity contribution in [3.05, 3.63) is 0 Å². The number of rotatable bonds is 5. The highest BCUT2D eigenvalue weighted by Crippen LogP contribution is 2.36. The molecule has 2 atom stereocenters. The summed E-state index contributed by atoms with van der Waals surface area (Å²) < 4.78 is 0. The van der Waals surface area contributed by atoms with Crippen molar-refractivity contribution < 1.29 is 0 Å². The average molecular weight is 252 g/mol. The van der Waals surface area contributed by atoms with Crippen LogP contribution in [0.3, 0.4) is 0 Å². The molecule has 0 aromatic carbocycles. The highest BCUT2D eigenvalue weighted by atomic mass is 15.3. The quantitative estimate of drug-likeness (QED) is 0.739. The Kier molecular flexibility index (Phi) is 4.71. The summed E-state index contributed by atoms with van der Waals surface area (Å²) in [6, 6.07) is 1.65. The lowest BCUT2D eigenvalue weighted by molar-refractivity contribution is -0.0386. The molecular formula is C16H32N2. The van der Waals surface area contributed by atoms with Gasteiger partial charge in [0.15, 0.2) is 0 Å². The summed E-state index contributed by atoms with van der Waals surface area (Å²) in [5.41, 5.74) is 0.468. The molecule has 2 saturated heterocycles. The van der Waals surface area contributed by atoms with E-state index in [0.717, 1.165) is 12.1 Å². The molecule has 2 unspecified atom stereocenters. The van der Waals surface area contributed by atoms with Crippen LogP contribution in [0.5, 0.6) is 0 Å². The molecule has 2 aliphatic heterocycles. The van der Waals surface area contributed by atoms with E-state index >= 15 is 0 Å². The fraction of sp³-hybridized carbons (Fsp3) is 1.00. The zero-order valence-electron chi connectivity index (χ0n) is 12.9. The third kappa shape index (κ3) is 2.34. The summed E-state index contributed by atoms with van der Waals surface area (Å²) in [5.74, 6) is 0. The van der Waals surface area contributed by atoms with Gasteiger partial charge < -0.3 is 0 Å². The molecule has 0 spiro atoms. The van der Waals surface area contributed by atoms with E-state index in [1.807, 2.05) is 0 Å². The molecule has 0 aromatic heterocycles. The first-order valence-electron chi connectivity index (χ1n) is 8.21. The normalized spacial score (nSPS) is 30.7. The second kappa shape index (κ2) is 5.92. The van der Waals surface area contributed by atoms with Crippen molar-refractivity contribution in [2.75, 3.05) is 19.6 Å². The summed E-state index contributed by atoms with van der Waals surface area (Å²) in [6.07, 6.45) is 8.09. The Labute approximate surface area is 114 Å². The lowest BCUT2D eigenvalue weighted by Gasteiger charge is -2.53. The van der Waals surface area contributed by atoms with Crippen LogP contribution in [-0.4, -0.2) is 47.1 Å². The second-order valence-electron chi connectivity index (χ2n) is 6.29. The first-order chi connectivity index (χ1) is 8.70. The SMILES string of the molecule is CCC1CN2CCCC2CN1C(CC)(CC)CC. The van der Waals surface area contributed by atoms with Gasteiger partial charge in [-0.3, -0.25) is 9.80 Å². The maximum absolute atomic E-state index is 2.90. The Balaban J connectivity index is 2.17. The van der Waals surface area contributed by atoms with Crippen molar-refractivity contribution in [2.24, 2.45) is 0 Å². The summed E-state index contributed by atoms with van der Waals surface area (Å²) in [6.45, 7) is 13.5. The van der Waals surface area contributed by atoms with E-state index in [0.29, 0.717) is 5.54 Å². The van der Waals surface area contributed by atoms with Gasteiger partial charge in [-0.15, -0.1) is 0 Å². The second-order valence-corrected chi connectivity index (χ2v) is 6.29. The van der Waals surface area contributed by atoms with Crippen LogP contribution in [-0.2, 0) is 0 Å². The van der Waals surface area contributed by atoms with Crippen LogP contribution in [0.15, 0.2) is 0 Å². The molecule has 2 fully saturated rings. The first kappa shape index (κ1) is 14.3. The smallest absolute Gasteiger partial charge is 0.0226 e. The third-order valence-corrected chi connectivity index (χ3v) is 5.85. The molecule has 0 bridgehead atoms. The van der Waals surface area contributed by atoms with Crippen LogP contribution < -0.4 is 0 Å². The summed E-state index contributed by atoms with van der Waals surface area (Å²) in [5, 5.41) is 0. The number of nitrogens with zero attached hydrogens (tertiary/aromatic N) is 2. The Morgan fingerprint density at radius 3 is 2.22 bits per heavy atom. The van der Waals surface area contributed by atoms with Crippen LogP contribution >= 0.6 is 0 Å². The van der Waals surface area contributed by atoms with Gasteiger partial charge in [0.05, 0.1) is 0 Å². The van der Waals surface area contributed by atoms with Crippen molar-refractivity contribution in [2.45, 2.75) is 83.8 Å². The van der Waals surface area contributed by atoms with E-state index in [9.17, 15) is 0 Å². The van der Waals surface area contributed by atoms with Crippen molar-refractivity contribution in [1.29, 1.82) is 0 Å². The standard InChI is InChI=1S/C16H32N2/c1-5-14-12-17-11-9-10-15(17)13-18(14)16(6-2,7-3)8-4/h14-15H,5-13H2,1-4H3. The first-order valence-corrected chi connectivity index (χ1v) is 8.21. The molecule has 106 valence electrons. The van der Waals surface area contributed by atoms with Crippen molar-refractivity contribution in [3.8, 4) is 0 Å². The zero-order chi connectivity index (χ0) is 13.2. The molecule has 2 heteroatoms. The third-order valence-electron chi connectivity index (χ3n) is 5.85. The molecule has 18 heavy (non-hydrogen) atoms. The van der Waals surface area contributed by atoms with Gasteiger partial charge in [-0.05, 0) is 45.1 Å². The molecule has 2 aliphatic rings. The Morgan fingerprint density at radius 1 is 1.00 bits per heavy atom. The summed E-state index contributed by atoms with van der Waals surface area (Å²) in [7, 11) is 0. The van der Waals surface area contributed by atoms with Gasteiger partial charge in [-0.25, -0.2) is 0 Å². The zero-order valence-corrected chi connectivity index (χ0v) is 12.9.